The largest absolute Gasteiger partial charge is 0.339 e. The molecule has 0 unspecified atom stereocenters. The summed E-state index contributed by atoms with van der Waals surface area (Å²) in [5.41, 5.74) is 3.53. The van der Waals surface area contributed by atoms with Crippen molar-refractivity contribution in [2.24, 2.45) is 5.10 Å². The Morgan fingerprint density at radius 1 is 1.11 bits per heavy atom. The molecule has 2 amide bonds. The average Bonchev–Trinajstić information content (AvgIpc) is 2.40. The number of nitrogens with one attached hydrogen (secondary N) is 2. The highest BCUT2D eigenvalue weighted by Gasteiger charge is 1.98. The van der Waals surface area contributed by atoms with E-state index in [1.807, 2.05) is 18.2 Å². The highest BCUT2D eigenvalue weighted by atomic mass is 19.1. The van der Waals surface area contributed by atoms with Gasteiger partial charge in [-0.05, 0) is 29.8 Å². The molecule has 96 valence electrons. The molecule has 2 rings (SSSR count). The Morgan fingerprint density at radius 3 is 2.63 bits per heavy atom. The number of amides is 2. The van der Waals surface area contributed by atoms with E-state index in [4.69, 9.17) is 0 Å². The smallest absolute Gasteiger partial charge is 0.307 e. The van der Waals surface area contributed by atoms with Crippen LogP contribution in [0.4, 0.5) is 14.9 Å². The lowest BCUT2D eigenvalue weighted by Gasteiger charge is -2.02. The van der Waals surface area contributed by atoms with Crippen LogP contribution in [0, 0.1) is 5.82 Å². The molecule has 5 heteroatoms. The highest BCUT2D eigenvalue weighted by Crippen LogP contribution is 2.04. The molecular weight excluding hydrogens is 245 g/mol. The topological polar surface area (TPSA) is 53.5 Å². The molecule has 0 aliphatic rings. The van der Waals surface area contributed by atoms with Crippen molar-refractivity contribution in [1.29, 1.82) is 0 Å². The van der Waals surface area contributed by atoms with Crippen molar-refractivity contribution in [2.45, 2.75) is 0 Å². The molecule has 0 saturated heterocycles. The highest BCUT2D eigenvalue weighted by molar-refractivity contribution is 5.90. The number of hydrazone groups is 1. The van der Waals surface area contributed by atoms with Gasteiger partial charge in [0.25, 0.3) is 0 Å². The summed E-state index contributed by atoms with van der Waals surface area (Å²) in [7, 11) is 0. The fraction of sp³-hybridized carbons (Fsp3) is 0. The molecule has 0 heterocycles. The Labute approximate surface area is 110 Å². The first-order chi connectivity index (χ1) is 9.24. The summed E-state index contributed by atoms with van der Waals surface area (Å²) in [6.07, 6.45) is 1.37. The van der Waals surface area contributed by atoms with E-state index in [1.165, 1.54) is 18.3 Å². The van der Waals surface area contributed by atoms with E-state index in [0.29, 0.717) is 11.3 Å². The predicted molar refractivity (Wildman–Crippen MR) is 72.6 cm³/mol. The Balaban J connectivity index is 1.87. The molecule has 2 aromatic carbocycles. The minimum Gasteiger partial charge on any atom is -0.307 e. The lowest BCUT2D eigenvalue weighted by Crippen LogP contribution is -2.24. The van der Waals surface area contributed by atoms with Crippen molar-refractivity contribution in [1.82, 2.24) is 5.43 Å². The molecule has 0 aromatic heterocycles. The van der Waals surface area contributed by atoms with Gasteiger partial charge in [-0.2, -0.15) is 5.10 Å². The van der Waals surface area contributed by atoms with Crippen LogP contribution in [0.3, 0.4) is 0 Å². The zero-order valence-electron chi connectivity index (χ0n) is 10.0. The van der Waals surface area contributed by atoms with E-state index in [2.05, 4.69) is 15.8 Å². The summed E-state index contributed by atoms with van der Waals surface area (Å²) in [5.74, 6) is -0.349. The van der Waals surface area contributed by atoms with Gasteiger partial charge in [0.1, 0.15) is 5.82 Å². The Kier molecular flexibility index (Phi) is 4.23. The van der Waals surface area contributed by atoms with E-state index >= 15 is 0 Å². The number of nitrogens with zero attached hydrogens (tertiary/aromatic N) is 1. The molecule has 0 aliphatic heterocycles. The number of anilines is 1. The number of para-hydroxylation sites is 1. The van der Waals surface area contributed by atoms with Gasteiger partial charge in [-0.25, -0.2) is 14.6 Å². The van der Waals surface area contributed by atoms with Crippen LogP contribution in [0.5, 0.6) is 0 Å². The van der Waals surface area contributed by atoms with Crippen molar-refractivity contribution in [2.75, 3.05) is 5.32 Å². The first kappa shape index (κ1) is 12.8. The van der Waals surface area contributed by atoms with E-state index < -0.39 is 6.03 Å². The second-order valence-electron chi connectivity index (χ2n) is 3.75. The first-order valence-electron chi connectivity index (χ1n) is 5.65. The molecule has 0 radical (unpaired) electrons. The third kappa shape index (κ3) is 4.23. The molecule has 0 saturated carbocycles. The number of halogens is 1. The number of hydrogen-bond acceptors (Lipinski definition) is 2. The fourth-order valence-corrected chi connectivity index (χ4v) is 1.43. The third-order valence-corrected chi connectivity index (χ3v) is 2.26. The van der Waals surface area contributed by atoms with E-state index in [1.54, 1.807) is 24.3 Å². The van der Waals surface area contributed by atoms with Crippen LogP contribution in [0.25, 0.3) is 0 Å². The van der Waals surface area contributed by atoms with Crippen LogP contribution in [0.2, 0.25) is 0 Å². The van der Waals surface area contributed by atoms with Gasteiger partial charge in [0.05, 0.1) is 6.21 Å². The Hall–Kier alpha value is -2.69. The van der Waals surface area contributed by atoms with E-state index in [-0.39, 0.29) is 5.82 Å². The monoisotopic (exact) mass is 257 g/mol. The van der Waals surface area contributed by atoms with Crippen LogP contribution < -0.4 is 10.7 Å². The quantitative estimate of drug-likeness (QED) is 0.644. The lowest BCUT2D eigenvalue weighted by molar-refractivity contribution is 0.252. The summed E-state index contributed by atoms with van der Waals surface area (Å²) in [4.78, 5) is 11.5. The van der Waals surface area contributed by atoms with Crippen molar-refractivity contribution >= 4 is 17.9 Å². The van der Waals surface area contributed by atoms with E-state index in [0.717, 1.165) is 0 Å². The summed E-state index contributed by atoms with van der Waals surface area (Å²) in [5, 5.41) is 6.33. The Morgan fingerprint density at radius 2 is 1.89 bits per heavy atom. The molecule has 19 heavy (non-hydrogen) atoms. The van der Waals surface area contributed by atoms with Gasteiger partial charge >= 0.3 is 6.03 Å². The van der Waals surface area contributed by atoms with Gasteiger partial charge in [0.15, 0.2) is 0 Å². The summed E-state index contributed by atoms with van der Waals surface area (Å²) in [6, 6.07) is 14.4. The van der Waals surface area contributed by atoms with E-state index in [9.17, 15) is 9.18 Å². The van der Waals surface area contributed by atoms with Gasteiger partial charge in [-0.15, -0.1) is 0 Å². The molecule has 2 aromatic rings. The maximum atomic E-state index is 12.9. The second-order valence-corrected chi connectivity index (χ2v) is 3.75. The van der Waals surface area contributed by atoms with Crippen molar-refractivity contribution in [3.05, 3.63) is 66.0 Å². The van der Waals surface area contributed by atoms with Gasteiger partial charge in [-0.3, -0.25) is 0 Å². The minimum absolute atomic E-state index is 0.349. The van der Waals surface area contributed by atoms with Gasteiger partial charge in [0, 0.05) is 5.69 Å². The van der Waals surface area contributed by atoms with Crippen LogP contribution >= 0.6 is 0 Å². The van der Waals surface area contributed by atoms with Gasteiger partial charge in [0.2, 0.25) is 0 Å². The number of benzene rings is 2. The zero-order chi connectivity index (χ0) is 13.5. The number of hydrogen-bond donors (Lipinski definition) is 2. The van der Waals surface area contributed by atoms with Crippen LogP contribution in [0.15, 0.2) is 59.7 Å². The zero-order valence-corrected chi connectivity index (χ0v) is 10.0. The summed E-state index contributed by atoms with van der Waals surface area (Å²) < 4.78 is 12.9. The number of urea groups is 1. The van der Waals surface area contributed by atoms with Crippen molar-refractivity contribution in [3.63, 3.8) is 0 Å². The molecule has 2 N–H and O–H groups in total. The second kappa shape index (κ2) is 6.30. The standard InChI is InChI=1S/C14H12FN3O/c15-12-6-4-5-11(9-12)10-16-18-14(19)17-13-7-2-1-3-8-13/h1-10H,(H2,17,18,19)/b16-10+. The maximum Gasteiger partial charge on any atom is 0.339 e. The normalized spacial score (nSPS) is 10.4. The van der Waals surface area contributed by atoms with Crippen LogP contribution in [-0.2, 0) is 0 Å². The predicted octanol–water partition coefficient (Wildman–Crippen LogP) is 2.98. The third-order valence-electron chi connectivity index (χ3n) is 2.26. The van der Waals surface area contributed by atoms with Gasteiger partial charge < -0.3 is 5.32 Å². The number of carbonyl (C=O) groups excluding carboxylic acids is 1. The fourth-order valence-electron chi connectivity index (χ4n) is 1.43. The van der Waals surface area contributed by atoms with Gasteiger partial charge in [-0.1, -0.05) is 30.3 Å². The van der Waals surface area contributed by atoms with Crippen molar-refractivity contribution in [3.8, 4) is 0 Å². The summed E-state index contributed by atoms with van der Waals surface area (Å²) in [6.45, 7) is 0. The SMILES string of the molecule is O=C(N/N=C/c1cccc(F)c1)Nc1ccccc1. The molecule has 0 aliphatic carbocycles. The molecule has 0 spiro atoms. The van der Waals surface area contributed by atoms with Crippen molar-refractivity contribution < 1.29 is 9.18 Å². The molecule has 0 bridgehead atoms. The molecule has 0 atom stereocenters. The van der Waals surface area contributed by atoms with Crippen LogP contribution in [-0.4, -0.2) is 12.2 Å². The average molecular weight is 257 g/mol. The number of rotatable bonds is 3. The lowest BCUT2D eigenvalue weighted by atomic mass is 10.2. The first-order valence-corrected chi connectivity index (χ1v) is 5.65. The molecule has 0 fully saturated rings. The summed E-state index contributed by atoms with van der Waals surface area (Å²) >= 11 is 0. The van der Waals surface area contributed by atoms with Crippen LogP contribution in [0.1, 0.15) is 5.56 Å². The Bertz CT molecular complexity index is 584. The maximum absolute atomic E-state index is 12.9. The minimum atomic E-state index is -0.459. The molecular formula is C14H12FN3O. The molecule has 4 nitrogen and oxygen atoms in total. The number of carbonyl (C=O) groups is 1.